The van der Waals surface area contributed by atoms with Gasteiger partial charge in [-0.1, -0.05) is 51.0 Å². The largest absolute Gasteiger partial charge is 0.462 e. The first-order valence-electron chi connectivity index (χ1n) is 24.2. The van der Waals surface area contributed by atoms with Gasteiger partial charge in [0, 0.05) is 23.5 Å². The second-order valence-corrected chi connectivity index (χ2v) is 18.2. The van der Waals surface area contributed by atoms with Crippen LogP contribution in [0.15, 0.2) is 78.9 Å². The summed E-state index contributed by atoms with van der Waals surface area (Å²) >= 11 is 0. The van der Waals surface area contributed by atoms with Crippen LogP contribution in [0.2, 0.25) is 0 Å². The number of nitrogens with two attached hydrogens (primary N) is 2. The van der Waals surface area contributed by atoms with Crippen molar-refractivity contribution in [1.82, 2.24) is 0 Å². The maximum atomic E-state index is 13.0. The predicted octanol–water partition coefficient (Wildman–Crippen LogP) is 11.7. The van der Waals surface area contributed by atoms with E-state index in [1.54, 1.807) is 66.7 Å². The Morgan fingerprint density at radius 2 is 0.986 bits per heavy atom. The first kappa shape index (κ1) is 56.0. The summed E-state index contributed by atoms with van der Waals surface area (Å²) in [5.41, 5.74) is 14.7. The van der Waals surface area contributed by atoms with Crippen molar-refractivity contribution in [3.63, 3.8) is 0 Å². The molecule has 0 aromatic heterocycles. The molecule has 2 aliphatic carbocycles. The molecule has 0 spiro atoms. The van der Waals surface area contributed by atoms with Crippen molar-refractivity contribution in [2.24, 2.45) is 11.8 Å². The SMILES string of the molecule is CCCC(CC(F)(F)F)OC1CCC(C(=O)Oc2ccc(/C=C/C(=O)OCC(COC(=O)/C=C/c3ccc(OC(=O)C4CCC(OC(CCC)CC(F)(F)F)CC4)cc3)c3cc(N)ccc3N)cc2)CC1. The van der Waals surface area contributed by atoms with Crippen LogP contribution in [-0.2, 0) is 38.1 Å². The van der Waals surface area contributed by atoms with E-state index in [9.17, 15) is 45.5 Å². The number of carbonyl (C=O) groups excluding carboxylic acids is 4. The highest BCUT2D eigenvalue weighted by Crippen LogP contribution is 2.34. The Bertz CT molecular complexity index is 2100. The first-order chi connectivity index (χ1) is 33.7. The molecular weight excluding hydrogens is 939 g/mol. The fraction of sp³-hybridized carbons (Fsp3) is 0.509. The normalized spacial score (nSPS) is 20.0. The predicted molar refractivity (Wildman–Crippen MR) is 255 cm³/mol. The van der Waals surface area contributed by atoms with Gasteiger partial charge in [0.15, 0.2) is 0 Å². The Morgan fingerprint density at radius 1 is 0.592 bits per heavy atom. The second kappa shape index (κ2) is 27.1. The van der Waals surface area contributed by atoms with Gasteiger partial charge in [-0.05, 0) is 136 Å². The lowest BCUT2D eigenvalue weighted by molar-refractivity contribution is -0.173. The summed E-state index contributed by atoms with van der Waals surface area (Å²) in [5, 5.41) is 0. The lowest BCUT2D eigenvalue weighted by Crippen LogP contribution is -2.32. The van der Waals surface area contributed by atoms with Gasteiger partial charge in [-0.15, -0.1) is 0 Å². The minimum absolute atomic E-state index is 0.222. The zero-order valence-electron chi connectivity index (χ0n) is 40.0. The summed E-state index contributed by atoms with van der Waals surface area (Å²) in [5.74, 6) is -3.20. The molecule has 0 aliphatic heterocycles. The number of rotatable bonds is 23. The molecule has 0 radical (unpaired) electrons. The van der Waals surface area contributed by atoms with Crippen molar-refractivity contribution in [3.05, 3.63) is 95.6 Å². The number of alkyl halides is 6. The molecule has 0 bridgehead atoms. The number of hydrogen-bond donors (Lipinski definition) is 2. The van der Waals surface area contributed by atoms with Crippen LogP contribution in [0.3, 0.4) is 0 Å². The Morgan fingerprint density at radius 3 is 1.35 bits per heavy atom. The number of ether oxygens (including phenoxy) is 6. The van der Waals surface area contributed by atoms with Gasteiger partial charge in [0.2, 0.25) is 0 Å². The van der Waals surface area contributed by atoms with Gasteiger partial charge in [-0.25, -0.2) is 9.59 Å². The summed E-state index contributed by atoms with van der Waals surface area (Å²) in [6.07, 6.45) is -2.29. The molecular formula is C53H64F6N2O10. The lowest BCUT2D eigenvalue weighted by atomic mass is 9.87. The molecule has 0 amide bonds. The number of esters is 4. The van der Waals surface area contributed by atoms with Crippen molar-refractivity contribution in [3.8, 4) is 11.5 Å². The van der Waals surface area contributed by atoms with Gasteiger partial charge in [-0.3, -0.25) is 9.59 Å². The van der Waals surface area contributed by atoms with Crippen molar-refractivity contribution in [2.75, 3.05) is 24.7 Å². The number of carbonyl (C=O) groups is 4. The standard InChI is InChI=1S/C53H64F6N2O10/c1-3-5-44(30-52(54,55)56)68-40-22-13-36(14-23-40)50(64)70-42-18-7-34(8-19-42)11-27-48(62)66-32-38(46-29-39(60)17-26-47(46)61)33-67-49(63)28-12-35-9-20-43(21-10-35)71-51(65)37-15-24-41(25-16-37)69-45(6-4-2)31-53(57,58)59/h7-12,17-21,26-29,36-38,40-41,44-45H,3-6,13-16,22-25,30-33,60-61H2,1-2H3/b27-11+,28-12+. The van der Waals surface area contributed by atoms with E-state index < -0.39 is 79.0 Å². The molecule has 2 unspecified atom stereocenters. The molecule has 12 nitrogen and oxygen atoms in total. The number of anilines is 2. The van der Waals surface area contributed by atoms with Gasteiger partial charge in [0.25, 0.3) is 0 Å². The minimum atomic E-state index is -4.31. The smallest absolute Gasteiger partial charge is 0.391 e. The minimum Gasteiger partial charge on any atom is -0.462 e. The lowest BCUT2D eigenvalue weighted by Gasteiger charge is -2.31. The van der Waals surface area contributed by atoms with Crippen molar-refractivity contribution in [1.29, 1.82) is 0 Å². The Hall–Kier alpha value is -5.88. The van der Waals surface area contributed by atoms with Gasteiger partial charge in [-0.2, -0.15) is 26.3 Å². The third kappa shape index (κ3) is 20.0. The fourth-order valence-corrected chi connectivity index (χ4v) is 8.67. The molecule has 0 heterocycles. The molecule has 0 saturated heterocycles. The van der Waals surface area contributed by atoms with Gasteiger partial charge in [0.05, 0.1) is 55.0 Å². The third-order valence-corrected chi connectivity index (χ3v) is 12.3. The molecule has 3 aromatic rings. The number of hydrogen-bond acceptors (Lipinski definition) is 12. The summed E-state index contributed by atoms with van der Waals surface area (Å²) < 4.78 is 112. The average Bonchev–Trinajstić information content (AvgIpc) is 3.31. The topological polar surface area (TPSA) is 176 Å². The zero-order valence-corrected chi connectivity index (χ0v) is 40.0. The van der Waals surface area contributed by atoms with E-state index in [1.165, 1.54) is 24.3 Å². The van der Waals surface area contributed by atoms with Crippen LogP contribution >= 0.6 is 0 Å². The van der Waals surface area contributed by atoms with Gasteiger partial charge >= 0.3 is 36.2 Å². The van der Waals surface area contributed by atoms with Crippen molar-refractivity contribution >= 4 is 47.4 Å². The van der Waals surface area contributed by atoms with E-state index in [1.807, 2.05) is 13.8 Å². The summed E-state index contributed by atoms with van der Waals surface area (Å²) in [6, 6.07) is 17.7. The summed E-state index contributed by atoms with van der Waals surface area (Å²) in [7, 11) is 0. The van der Waals surface area contributed by atoms with Crippen LogP contribution in [0.1, 0.15) is 126 Å². The average molecular weight is 1000 g/mol. The quantitative estimate of drug-likeness (QED) is 0.0303. The van der Waals surface area contributed by atoms with E-state index in [0.29, 0.717) is 117 Å². The van der Waals surface area contributed by atoms with Crippen LogP contribution < -0.4 is 20.9 Å². The highest BCUT2D eigenvalue weighted by molar-refractivity contribution is 5.88. The first-order valence-corrected chi connectivity index (χ1v) is 24.2. The fourth-order valence-electron chi connectivity index (χ4n) is 8.67. The summed E-state index contributed by atoms with van der Waals surface area (Å²) in [6.45, 7) is 3.18. The Kier molecular flexibility index (Phi) is 21.4. The van der Waals surface area contributed by atoms with Crippen LogP contribution in [0.25, 0.3) is 12.2 Å². The van der Waals surface area contributed by atoms with Crippen LogP contribution in [0.4, 0.5) is 37.7 Å². The molecule has 4 N–H and O–H groups in total. The number of halogens is 6. The van der Waals surface area contributed by atoms with E-state index in [2.05, 4.69) is 0 Å². The molecule has 2 fully saturated rings. The molecule has 18 heteroatoms. The molecule has 2 atom stereocenters. The van der Waals surface area contributed by atoms with Gasteiger partial charge < -0.3 is 39.9 Å². The van der Waals surface area contributed by atoms with E-state index in [4.69, 9.17) is 39.9 Å². The molecule has 3 aromatic carbocycles. The second-order valence-electron chi connectivity index (χ2n) is 18.2. The van der Waals surface area contributed by atoms with Crippen molar-refractivity contribution in [2.45, 2.75) is 146 Å². The maximum absolute atomic E-state index is 13.0. The third-order valence-electron chi connectivity index (χ3n) is 12.3. The monoisotopic (exact) mass is 1000 g/mol. The number of nitrogen functional groups attached to an aromatic ring is 2. The van der Waals surface area contributed by atoms with Crippen LogP contribution in [0, 0.1) is 11.8 Å². The zero-order chi connectivity index (χ0) is 51.6. The highest BCUT2D eigenvalue weighted by atomic mass is 19.4. The summed E-state index contributed by atoms with van der Waals surface area (Å²) in [4.78, 5) is 51.5. The Labute approximate surface area is 410 Å². The molecule has 2 saturated carbocycles. The van der Waals surface area contributed by atoms with Crippen molar-refractivity contribution < 1.29 is 73.9 Å². The van der Waals surface area contributed by atoms with E-state index >= 15 is 0 Å². The van der Waals surface area contributed by atoms with E-state index in [-0.39, 0.29) is 25.4 Å². The molecule has 388 valence electrons. The molecule has 71 heavy (non-hydrogen) atoms. The molecule has 2 aliphatic rings. The Balaban J connectivity index is 1.05. The maximum Gasteiger partial charge on any atom is 0.391 e. The van der Waals surface area contributed by atoms with E-state index in [0.717, 1.165) is 0 Å². The highest BCUT2D eigenvalue weighted by Gasteiger charge is 2.37. The molecule has 5 rings (SSSR count). The van der Waals surface area contributed by atoms with Crippen LogP contribution in [0.5, 0.6) is 11.5 Å². The van der Waals surface area contributed by atoms with Crippen LogP contribution in [-0.4, -0.2) is 73.9 Å². The van der Waals surface area contributed by atoms with Gasteiger partial charge in [0.1, 0.15) is 24.7 Å². The number of benzene rings is 3.